The number of amides is 1. The first kappa shape index (κ1) is 13.0. The molecule has 0 aromatic rings. The van der Waals surface area contributed by atoms with Gasteiger partial charge in [0, 0.05) is 12.0 Å². The largest absolute Gasteiger partial charge is 0.391 e. The predicted molar refractivity (Wildman–Crippen MR) is 64.3 cm³/mol. The third kappa shape index (κ3) is 2.17. The SMILES string of the molecule is CC1=CC2CCC(C1)N2C(=O)[C@H]1C[C@H](C(F)(F)F)C1. The van der Waals surface area contributed by atoms with Gasteiger partial charge >= 0.3 is 6.18 Å². The minimum atomic E-state index is -4.13. The molecule has 2 nitrogen and oxygen atoms in total. The first-order chi connectivity index (χ1) is 8.86. The van der Waals surface area contributed by atoms with E-state index in [0.717, 1.165) is 19.3 Å². The van der Waals surface area contributed by atoms with Gasteiger partial charge in [-0.1, -0.05) is 11.6 Å². The number of carbonyl (C=O) groups is 1. The predicted octanol–water partition coefficient (Wildman–Crippen LogP) is 3.28. The fraction of sp³-hybridized carbons (Fsp3) is 0.786. The Morgan fingerprint density at radius 3 is 2.58 bits per heavy atom. The van der Waals surface area contributed by atoms with Gasteiger partial charge in [-0.25, -0.2) is 0 Å². The maximum Gasteiger partial charge on any atom is 0.391 e. The van der Waals surface area contributed by atoms with Crippen molar-refractivity contribution >= 4 is 5.91 Å². The van der Waals surface area contributed by atoms with Crippen LogP contribution in [0.2, 0.25) is 0 Å². The monoisotopic (exact) mass is 273 g/mol. The zero-order valence-electron chi connectivity index (χ0n) is 10.9. The lowest BCUT2D eigenvalue weighted by atomic mass is 9.73. The molecule has 1 amide bonds. The summed E-state index contributed by atoms with van der Waals surface area (Å²) < 4.78 is 37.4. The molecule has 2 bridgehead atoms. The molecule has 3 rings (SSSR count). The Morgan fingerprint density at radius 1 is 1.32 bits per heavy atom. The minimum absolute atomic E-state index is 0.0129. The highest BCUT2D eigenvalue weighted by Crippen LogP contribution is 2.47. The summed E-state index contributed by atoms with van der Waals surface area (Å²) in [6, 6.07) is 0.364. The van der Waals surface area contributed by atoms with Crippen molar-refractivity contribution in [2.75, 3.05) is 0 Å². The minimum Gasteiger partial charge on any atom is -0.333 e. The molecule has 1 saturated heterocycles. The fourth-order valence-corrected chi connectivity index (χ4v) is 3.69. The van der Waals surface area contributed by atoms with E-state index in [4.69, 9.17) is 0 Å². The second-order valence-corrected chi connectivity index (χ2v) is 6.17. The summed E-state index contributed by atoms with van der Waals surface area (Å²) in [5, 5.41) is 0. The van der Waals surface area contributed by atoms with Crippen molar-refractivity contribution in [3.8, 4) is 0 Å². The van der Waals surface area contributed by atoms with Gasteiger partial charge in [-0.05, 0) is 39.0 Å². The second kappa shape index (κ2) is 4.25. The van der Waals surface area contributed by atoms with Crippen LogP contribution in [0, 0.1) is 11.8 Å². The van der Waals surface area contributed by atoms with E-state index in [-0.39, 0.29) is 30.8 Å². The van der Waals surface area contributed by atoms with Crippen molar-refractivity contribution in [1.29, 1.82) is 0 Å². The second-order valence-electron chi connectivity index (χ2n) is 6.17. The smallest absolute Gasteiger partial charge is 0.333 e. The van der Waals surface area contributed by atoms with Crippen LogP contribution in [0.25, 0.3) is 0 Å². The highest BCUT2D eigenvalue weighted by atomic mass is 19.4. The van der Waals surface area contributed by atoms with Crippen molar-refractivity contribution in [2.45, 2.75) is 57.3 Å². The van der Waals surface area contributed by atoms with Gasteiger partial charge in [0.15, 0.2) is 0 Å². The van der Waals surface area contributed by atoms with Crippen LogP contribution in [0.5, 0.6) is 0 Å². The maximum absolute atomic E-state index is 12.5. The first-order valence-corrected chi connectivity index (χ1v) is 6.92. The van der Waals surface area contributed by atoms with E-state index < -0.39 is 18.0 Å². The molecule has 1 saturated carbocycles. The summed E-state index contributed by atoms with van der Waals surface area (Å²) in [5.41, 5.74) is 1.30. The average Bonchev–Trinajstić information content (AvgIpc) is 2.46. The van der Waals surface area contributed by atoms with Crippen LogP contribution in [0.15, 0.2) is 11.6 Å². The van der Waals surface area contributed by atoms with E-state index in [9.17, 15) is 18.0 Å². The molecule has 2 heterocycles. The van der Waals surface area contributed by atoms with Crippen molar-refractivity contribution in [3.63, 3.8) is 0 Å². The molecule has 0 radical (unpaired) electrons. The van der Waals surface area contributed by atoms with E-state index >= 15 is 0 Å². The lowest BCUT2D eigenvalue weighted by molar-refractivity contribution is -0.206. The lowest BCUT2D eigenvalue weighted by Gasteiger charge is -2.41. The molecule has 2 fully saturated rings. The van der Waals surface area contributed by atoms with Crippen LogP contribution < -0.4 is 0 Å². The molecule has 2 atom stereocenters. The van der Waals surface area contributed by atoms with Crippen molar-refractivity contribution in [3.05, 3.63) is 11.6 Å². The highest BCUT2D eigenvalue weighted by molar-refractivity contribution is 5.81. The normalized spacial score (nSPS) is 37.9. The Balaban J connectivity index is 1.64. The Labute approximate surface area is 110 Å². The maximum atomic E-state index is 12.5. The first-order valence-electron chi connectivity index (χ1n) is 6.92. The number of carbonyl (C=O) groups excluding carboxylic acids is 1. The highest BCUT2D eigenvalue weighted by Gasteiger charge is 2.52. The van der Waals surface area contributed by atoms with Gasteiger partial charge in [0.1, 0.15) is 0 Å². The fourth-order valence-electron chi connectivity index (χ4n) is 3.69. The zero-order chi connectivity index (χ0) is 13.8. The summed E-state index contributed by atoms with van der Waals surface area (Å²) in [4.78, 5) is 14.2. The van der Waals surface area contributed by atoms with Gasteiger partial charge < -0.3 is 4.90 Å². The molecule has 2 aliphatic heterocycles. The van der Waals surface area contributed by atoms with Gasteiger partial charge in [0.25, 0.3) is 0 Å². The van der Waals surface area contributed by atoms with Crippen LogP contribution in [-0.2, 0) is 4.79 Å². The molecule has 2 unspecified atom stereocenters. The van der Waals surface area contributed by atoms with E-state index in [0.29, 0.717) is 0 Å². The number of nitrogens with zero attached hydrogens (tertiary/aromatic N) is 1. The van der Waals surface area contributed by atoms with Gasteiger partial charge in [0.2, 0.25) is 5.91 Å². The summed E-state index contributed by atoms with van der Waals surface area (Å²) in [5.74, 6) is -1.71. The van der Waals surface area contributed by atoms with Gasteiger partial charge in [-0.2, -0.15) is 13.2 Å². The summed E-state index contributed by atoms with van der Waals surface area (Å²) >= 11 is 0. The molecular formula is C14H18F3NO. The Morgan fingerprint density at radius 2 is 2.00 bits per heavy atom. The molecule has 19 heavy (non-hydrogen) atoms. The average molecular weight is 273 g/mol. The third-order valence-corrected chi connectivity index (χ3v) is 4.79. The lowest BCUT2D eigenvalue weighted by Crippen LogP contribution is -2.50. The van der Waals surface area contributed by atoms with Crippen molar-refractivity contribution in [2.24, 2.45) is 11.8 Å². The Bertz CT molecular complexity index is 423. The Kier molecular flexibility index (Phi) is 2.91. The molecule has 0 spiro atoms. The van der Waals surface area contributed by atoms with E-state index in [1.165, 1.54) is 5.57 Å². The molecule has 1 aliphatic carbocycles. The van der Waals surface area contributed by atoms with Crippen LogP contribution in [0.1, 0.15) is 39.0 Å². The molecule has 5 heteroatoms. The molecule has 106 valence electrons. The molecule has 0 aromatic carbocycles. The molecule has 3 aliphatic rings. The molecule has 0 N–H and O–H groups in total. The van der Waals surface area contributed by atoms with Gasteiger partial charge in [-0.15, -0.1) is 0 Å². The Hall–Kier alpha value is -1.00. The number of alkyl halides is 3. The van der Waals surface area contributed by atoms with E-state index in [1.807, 2.05) is 4.90 Å². The zero-order valence-corrected chi connectivity index (χ0v) is 10.9. The number of halogens is 3. The number of hydrogen-bond donors (Lipinski definition) is 0. The quantitative estimate of drug-likeness (QED) is 0.671. The number of hydrogen-bond acceptors (Lipinski definition) is 1. The van der Waals surface area contributed by atoms with Gasteiger partial charge in [-0.3, -0.25) is 4.79 Å². The third-order valence-electron chi connectivity index (χ3n) is 4.79. The standard InChI is InChI=1S/C14H18F3NO/c1-8-4-11-2-3-12(5-8)18(11)13(19)9-6-10(7-9)14(15,16)17/h4,9-12H,2-3,5-7H2,1H3/t9-,10-,11?,12?. The van der Waals surface area contributed by atoms with Crippen molar-refractivity contribution < 1.29 is 18.0 Å². The summed E-state index contributed by atoms with van der Waals surface area (Å²) in [6.07, 6.45) is 0.790. The molecule has 0 aromatic heterocycles. The van der Waals surface area contributed by atoms with Crippen LogP contribution in [-0.4, -0.2) is 29.1 Å². The topological polar surface area (TPSA) is 20.3 Å². The van der Waals surface area contributed by atoms with Gasteiger partial charge in [0.05, 0.1) is 12.0 Å². The summed E-state index contributed by atoms with van der Waals surface area (Å²) in [7, 11) is 0. The molecular weight excluding hydrogens is 255 g/mol. The van der Waals surface area contributed by atoms with E-state index in [1.54, 1.807) is 0 Å². The number of fused-ring (bicyclic) bond motifs is 2. The van der Waals surface area contributed by atoms with Crippen LogP contribution in [0.3, 0.4) is 0 Å². The van der Waals surface area contributed by atoms with Crippen LogP contribution in [0.4, 0.5) is 13.2 Å². The van der Waals surface area contributed by atoms with E-state index in [2.05, 4.69) is 13.0 Å². The van der Waals surface area contributed by atoms with Crippen molar-refractivity contribution in [1.82, 2.24) is 4.90 Å². The van der Waals surface area contributed by atoms with Crippen LogP contribution >= 0.6 is 0 Å². The summed E-state index contributed by atoms with van der Waals surface area (Å²) in [6.45, 7) is 2.07. The number of rotatable bonds is 1.